The van der Waals surface area contributed by atoms with Gasteiger partial charge in [-0.1, -0.05) is 0 Å². The Morgan fingerprint density at radius 1 is 1.47 bits per heavy atom. The second-order valence-electron chi connectivity index (χ2n) is 4.10. The zero-order valence-electron chi connectivity index (χ0n) is 9.12. The maximum Gasteiger partial charge on any atom is 0.237 e. The van der Waals surface area contributed by atoms with Crippen molar-refractivity contribution in [1.29, 1.82) is 0 Å². The molecule has 1 unspecified atom stereocenters. The third-order valence-corrected chi connectivity index (χ3v) is 4.26. The zero-order chi connectivity index (χ0) is 11.5. The smallest absolute Gasteiger partial charge is 0.237 e. The lowest BCUT2D eigenvalue weighted by Crippen LogP contribution is -2.44. The molecule has 1 amide bonds. The van der Waals surface area contributed by atoms with Gasteiger partial charge >= 0.3 is 0 Å². The zero-order valence-corrected chi connectivity index (χ0v) is 9.93. The largest absolute Gasteiger partial charge is 0.316 e. The standard InChI is InChI=1S/C9H18N2O3S/c1-7(2)15(13,14)11-9(12)8-4-3-5-10-6-8/h7-8,10H,3-6H2,1-2H3,(H,11,12). The van der Waals surface area contributed by atoms with E-state index >= 15 is 0 Å². The molecule has 1 aliphatic heterocycles. The number of carbonyl (C=O) groups excluding carboxylic acids is 1. The van der Waals surface area contributed by atoms with Gasteiger partial charge in [-0.2, -0.15) is 0 Å². The van der Waals surface area contributed by atoms with Crippen LogP contribution in [0, 0.1) is 5.92 Å². The van der Waals surface area contributed by atoms with E-state index in [-0.39, 0.29) is 11.8 Å². The highest BCUT2D eigenvalue weighted by molar-refractivity contribution is 7.90. The number of sulfonamides is 1. The van der Waals surface area contributed by atoms with E-state index in [1.807, 2.05) is 0 Å². The number of carbonyl (C=O) groups is 1. The molecule has 0 radical (unpaired) electrons. The Hall–Kier alpha value is -0.620. The van der Waals surface area contributed by atoms with Crippen molar-refractivity contribution in [3.05, 3.63) is 0 Å². The highest BCUT2D eigenvalue weighted by Gasteiger charge is 2.26. The van der Waals surface area contributed by atoms with Crippen LogP contribution in [-0.4, -0.2) is 32.7 Å². The Labute approximate surface area is 90.7 Å². The molecule has 0 aliphatic carbocycles. The van der Waals surface area contributed by atoms with Crippen LogP contribution in [0.15, 0.2) is 0 Å². The van der Waals surface area contributed by atoms with E-state index in [1.165, 1.54) is 0 Å². The fraction of sp³-hybridized carbons (Fsp3) is 0.889. The lowest BCUT2D eigenvalue weighted by molar-refractivity contribution is -0.123. The minimum Gasteiger partial charge on any atom is -0.316 e. The second-order valence-corrected chi connectivity index (χ2v) is 6.34. The van der Waals surface area contributed by atoms with E-state index in [9.17, 15) is 13.2 Å². The van der Waals surface area contributed by atoms with E-state index in [0.29, 0.717) is 6.54 Å². The molecule has 6 heteroatoms. The first-order valence-electron chi connectivity index (χ1n) is 5.19. The van der Waals surface area contributed by atoms with Crippen LogP contribution in [0.2, 0.25) is 0 Å². The highest BCUT2D eigenvalue weighted by atomic mass is 32.2. The molecule has 5 nitrogen and oxygen atoms in total. The number of hydrogen-bond acceptors (Lipinski definition) is 4. The number of rotatable bonds is 3. The van der Waals surface area contributed by atoms with Gasteiger partial charge in [0.05, 0.1) is 11.2 Å². The first-order valence-corrected chi connectivity index (χ1v) is 6.74. The molecule has 15 heavy (non-hydrogen) atoms. The molecule has 0 spiro atoms. The molecule has 1 heterocycles. The third kappa shape index (κ3) is 3.46. The molecule has 88 valence electrons. The van der Waals surface area contributed by atoms with Crippen LogP contribution in [0.3, 0.4) is 0 Å². The van der Waals surface area contributed by atoms with Gasteiger partial charge in [-0.25, -0.2) is 8.42 Å². The van der Waals surface area contributed by atoms with Crippen molar-refractivity contribution in [3.63, 3.8) is 0 Å². The van der Waals surface area contributed by atoms with E-state index in [0.717, 1.165) is 19.4 Å². The normalized spacial score (nSPS) is 22.7. The van der Waals surface area contributed by atoms with Gasteiger partial charge < -0.3 is 5.32 Å². The Balaban J connectivity index is 2.55. The molecule has 1 saturated heterocycles. The predicted molar refractivity (Wildman–Crippen MR) is 57.8 cm³/mol. The summed E-state index contributed by atoms with van der Waals surface area (Å²) >= 11 is 0. The van der Waals surface area contributed by atoms with E-state index < -0.39 is 15.3 Å². The van der Waals surface area contributed by atoms with Crippen molar-refractivity contribution in [2.45, 2.75) is 31.9 Å². The van der Waals surface area contributed by atoms with E-state index in [2.05, 4.69) is 10.0 Å². The summed E-state index contributed by atoms with van der Waals surface area (Å²) in [5, 5.41) is 2.50. The summed E-state index contributed by atoms with van der Waals surface area (Å²) in [5.74, 6) is -0.594. The molecule has 1 fully saturated rings. The molecule has 1 rings (SSSR count). The number of hydrogen-bond donors (Lipinski definition) is 2. The highest BCUT2D eigenvalue weighted by Crippen LogP contribution is 2.10. The Bertz CT molecular complexity index is 318. The van der Waals surface area contributed by atoms with E-state index in [1.54, 1.807) is 13.8 Å². The van der Waals surface area contributed by atoms with Crippen LogP contribution < -0.4 is 10.0 Å². The first-order chi connectivity index (χ1) is 6.93. The number of nitrogens with one attached hydrogen (secondary N) is 2. The molecule has 2 N–H and O–H groups in total. The molecule has 0 aromatic carbocycles. The molecule has 1 aliphatic rings. The van der Waals surface area contributed by atoms with Crippen molar-refractivity contribution in [3.8, 4) is 0 Å². The van der Waals surface area contributed by atoms with Crippen molar-refractivity contribution >= 4 is 15.9 Å². The monoisotopic (exact) mass is 234 g/mol. The minimum absolute atomic E-state index is 0.215. The summed E-state index contributed by atoms with van der Waals surface area (Å²) in [5.41, 5.74) is 0. The van der Waals surface area contributed by atoms with Gasteiger partial charge in [0.25, 0.3) is 0 Å². The predicted octanol–water partition coefficient (Wildman–Crippen LogP) is -0.160. The van der Waals surface area contributed by atoms with E-state index in [4.69, 9.17) is 0 Å². The summed E-state index contributed by atoms with van der Waals surface area (Å²) in [7, 11) is -3.47. The van der Waals surface area contributed by atoms with Gasteiger partial charge in [-0.05, 0) is 33.2 Å². The van der Waals surface area contributed by atoms with Crippen LogP contribution in [-0.2, 0) is 14.8 Å². The molecule has 0 saturated carbocycles. The van der Waals surface area contributed by atoms with Crippen molar-refractivity contribution < 1.29 is 13.2 Å². The average Bonchev–Trinajstić information content (AvgIpc) is 2.18. The quantitative estimate of drug-likeness (QED) is 0.711. The number of piperidine rings is 1. The second kappa shape index (κ2) is 4.94. The topological polar surface area (TPSA) is 75.3 Å². The Morgan fingerprint density at radius 3 is 2.60 bits per heavy atom. The summed E-state index contributed by atoms with van der Waals surface area (Å²) < 4.78 is 25.0. The third-order valence-electron chi connectivity index (χ3n) is 2.53. The minimum atomic E-state index is -3.47. The van der Waals surface area contributed by atoms with Gasteiger partial charge in [0.1, 0.15) is 0 Å². The summed E-state index contributed by atoms with van der Waals surface area (Å²) in [4.78, 5) is 11.6. The fourth-order valence-corrected chi connectivity index (χ4v) is 2.10. The number of amides is 1. The van der Waals surface area contributed by atoms with Crippen LogP contribution in [0.4, 0.5) is 0 Å². The van der Waals surface area contributed by atoms with Gasteiger partial charge in [0, 0.05) is 6.54 Å². The Morgan fingerprint density at radius 2 is 2.13 bits per heavy atom. The molecule has 1 atom stereocenters. The van der Waals surface area contributed by atoms with Crippen LogP contribution in [0.1, 0.15) is 26.7 Å². The van der Waals surface area contributed by atoms with Crippen LogP contribution in [0.5, 0.6) is 0 Å². The van der Waals surface area contributed by atoms with Gasteiger partial charge in [-0.3, -0.25) is 9.52 Å². The fourth-order valence-electron chi connectivity index (χ4n) is 1.42. The molecule has 0 aromatic rings. The van der Waals surface area contributed by atoms with Gasteiger partial charge in [-0.15, -0.1) is 0 Å². The maximum atomic E-state index is 11.6. The molecule has 0 aromatic heterocycles. The molecule has 0 bridgehead atoms. The van der Waals surface area contributed by atoms with Crippen LogP contribution >= 0.6 is 0 Å². The average molecular weight is 234 g/mol. The summed E-state index contributed by atoms with van der Waals surface area (Å²) in [6.45, 7) is 4.57. The summed E-state index contributed by atoms with van der Waals surface area (Å²) in [6, 6.07) is 0. The molecular formula is C9H18N2O3S. The first kappa shape index (κ1) is 12.4. The lowest BCUT2D eigenvalue weighted by atomic mass is 9.99. The Kier molecular flexibility index (Phi) is 4.10. The van der Waals surface area contributed by atoms with Gasteiger partial charge in [0.15, 0.2) is 0 Å². The van der Waals surface area contributed by atoms with Crippen molar-refractivity contribution in [2.75, 3.05) is 13.1 Å². The molecular weight excluding hydrogens is 216 g/mol. The summed E-state index contributed by atoms with van der Waals surface area (Å²) in [6.07, 6.45) is 1.67. The lowest BCUT2D eigenvalue weighted by Gasteiger charge is -2.22. The van der Waals surface area contributed by atoms with Crippen molar-refractivity contribution in [1.82, 2.24) is 10.0 Å². The van der Waals surface area contributed by atoms with Crippen LogP contribution in [0.25, 0.3) is 0 Å². The van der Waals surface area contributed by atoms with Crippen molar-refractivity contribution in [2.24, 2.45) is 5.92 Å². The maximum absolute atomic E-state index is 11.6. The SMILES string of the molecule is CC(C)S(=O)(=O)NC(=O)C1CCCNC1. The van der Waals surface area contributed by atoms with Gasteiger partial charge in [0.2, 0.25) is 15.9 Å².